The quantitative estimate of drug-likeness (QED) is 0.126. The number of hydrogen-bond donors (Lipinski definition) is 3. The molecule has 0 heterocycles. The molecule has 1 unspecified atom stereocenters. The van der Waals surface area contributed by atoms with Crippen molar-refractivity contribution >= 4 is 46.9 Å². The van der Waals surface area contributed by atoms with Gasteiger partial charge in [-0.15, -0.1) is 11.8 Å². The van der Waals surface area contributed by atoms with Crippen LogP contribution in [0.25, 0.3) is 6.08 Å². The van der Waals surface area contributed by atoms with E-state index in [0.717, 1.165) is 21.7 Å². The van der Waals surface area contributed by atoms with Crippen LogP contribution in [0, 0.1) is 13.8 Å². The van der Waals surface area contributed by atoms with Gasteiger partial charge in [0.2, 0.25) is 5.91 Å². The Morgan fingerprint density at radius 2 is 1.58 bits per heavy atom. The Bertz CT molecular complexity index is 1640. The molecule has 220 valence electrons. The number of nitrogens with one attached hydrogen (secondary N) is 3. The van der Waals surface area contributed by atoms with Crippen LogP contribution in [0.3, 0.4) is 0 Å². The lowest BCUT2D eigenvalue weighted by atomic mass is 10.1. The van der Waals surface area contributed by atoms with Gasteiger partial charge in [-0.3, -0.25) is 14.4 Å². The average molecular weight is 594 g/mol. The van der Waals surface area contributed by atoms with Crippen molar-refractivity contribution < 1.29 is 19.1 Å². The highest BCUT2D eigenvalue weighted by atomic mass is 32.2. The summed E-state index contributed by atoms with van der Waals surface area (Å²) in [5.41, 5.74) is 4.59. The number of carbonyl (C=O) groups excluding carboxylic acids is 3. The van der Waals surface area contributed by atoms with E-state index in [1.54, 1.807) is 55.7 Å². The zero-order chi connectivity index (χ0) is 30.8. The Hall–Kier alpha value is -4.82. The standard InChI is InChI=1S/C35H35N3O4S/c1-5-32(35(41)37-29-19-11-13-23(2)24(29)3)43-28-18-12-17-27(22-28)36-34(40)30(21-26-16-9-10-20-31(26)42-4)38-33(39)25-14-7-6-8-15-25/h6-22,32H,5H2,1-4H3,(H,36,40)(H,37,41)(H,38,39)/b30-21+. The van der Waals surface area contributed by atoms with Crippen molar-refractivity contribution in [3.8, 4) is 5.75 Å². The summed E-state index contributed by atoms with van der Waals surface area (Å²) in [7, 11) is 1.55. The number of amides is 3. The number of carbonyl (C=O) groups is 3. The molecule has 0 saturated carbocycles. The van der Waals surface area contributed by atoms with E-state index in [2.05, 4.69) is 16.0 Å². The average Bonchev–Trinajstić information content (AvgIpc) is 3.02. The Kier molecular flexibility index (Phi) is 10.8. The zero-order valence-corrected chi connectivity index (χ0v) is 25.5. The molecular weight excluding hydrogens is 558 g/mol. The molecule has 0 aliphatic heterocycles. The van der Waals surface area contributed by atoms with Crippen LogP contribution >= 0.6 is 11.8 Å². The van der Waals surface area contributed by atoms with Crippen LogP contribution in [0.15, 0.2) is 108 Å². The minimum atomic E-state index is -0.503. The van der Waals surface area contributed by atoms with Crippen LogP contribution in [-0.2, 0) is 9.59 Å². The molecule has 0 aliphatic rings. The van der Waals surface area contributed by atoms with Crippen LogP contribution in [0.4, 0.5) is 11.4 Å². The summed E-state index contributed by atoms with van der Waals surface area (Å²) >= 11 is 1.43. The molecular formula is C35H35N3O4S. The first-order chi connectivity index (χ1) is 20.8. The molecule has 0 aromatic heterocycles. The monoisotopic (exact) mass is 593 g/mol. The zero-order valence-electron chi connectivity index (χ0n) is 24.6. The maximum Gasteiger partial charge on any atom is 0.272 e. The molecule has 3 amide bonds. The summed E-state index contributed by atoms with van der Waals surface area (Å²) in [6, 6.07) is 29.1. The molecule has 4 aromatic rings. The third kappa shape index (κ3) is 8.36. The van der Waals surface area contributed by atoms with E-state index in [1.807, 2.05) is 75.4 Å². The van der Waals surface area contributed by atoms with E-state index in [0.29, 0.717) is 29.0 Å². The van der Waals surface area contributed by atoms with Gasteiger partial charge in [-0.25, -0.2) is 0 Å². The Balaban J connectivity index is 1.53. The molecule has 1 atom stereocenters. The van der Waals surface area contributed by atoms with Crippen molar-refractivity contribution in [3.05, 3.63) is 125 Å². The second-order valence-electron chi connectivity index (χ2n) is 9.85. The fourth-order valence-electron chi connectivity index (χ4n) is 4.32. The first kappa shape index (κ1) is 31.1. The third-order valence-electron chi connectivity index (χ3n) is 6.86. The number of para-hydroxylation sites is 1. The summed E-state index contributed by atoms with van der Waals surface area (Å²) in [6.07, 6.45) is 2.20. The molecule has 0 fully saturated rings. The molecule has 8 heteroatoms. The normalized spacial score (nSPS) is 11.8. The highest BCUT2D eigenvalue weighted by molar-refractivity contribution is 8.00. The van der Waals surface area contributed by atoms with E-state index in [-0.39, 0.29) is 16.9 Å². The van der Waals surface area contributed by atoms with Gasteiger partial charge in [0.1, 0.15) is 11.4 Å². The first-order valence-corrected chi connectivity index (χ1v) is 14.8. The van der Waals surface area contributed by atoms with Crippen molar-refractivity contribution in [2.45, 2.75) is 37.3 Å². The van der Waals surface area contributed by atoms with Crippen molar-refractivity contribution in [2.75, 3.05) is 17.7 Å². The van der Waals surface area contributed by atoms with E-state index in [9.17, 15) is 14.4 Å². The fourth-order valence-corrected chi connectivity index (χ4v) is 5.33. The van der Waals surface area contributed by atoms with Crippen molar-refractivity contribution in [1.29, 1.82) is 0 Å². The summed E-state index contributed by atoms with van der Waals surface area (Å²) in [5.74, 6) is -0.440. The Morgan fingerprint density at radius 1 is 0.860 bits per heavy atom. The second-order valence-corrected chi connectivity index (χ2v) is 11.1. The number of hydrogen-bond acceptors (Lipinski definition) is 5. The van der Waals surface area contributed by atoms with E-state index in [4.69, 9.17) is 4.74 Å². The van der Waals surface area contributed by atoms with Crippen LogP contribution in [-0.4, -0.2) is 30.1 Å². The van der Waals surface area contributed by atoms with Gasteiger partial charge < -0.3 is 20.7 Å². The predicted molar refractivity (Wildman–Crippen MR) is 174 cm³/mol. The van der Waals surface area contributed by atoms with Crippen LogP contribution in [0.5, 0.6) is 5.75 Å². The molecule has 3 N–H and O–H groups in total. The van der Waals surface area contributed by atoms with Gasteiger partial charge in [0.05, 0.1) is 12.4 Å². The molecule has 7 nitrogen and oxygen atoms in total. The maximum atomic E-state index is 13.5. The fraction of sp³-hybridized carbons (Fsp3) is 0.171. The van der Waals surface area contributed by atoms with Gasteiger partial charge in [0, 0.05) is 27.4 Å². The van der Waals surface area contributed by atoms with Gasteiger partial charge >= 0.3 is 0 Å². The van der Waals surface area contributed by atoms with Gasteiger partial charge in [0.15, 0.2) is 0 Å². The Labute approximate surface area is 256 Å². The molecule has 4 rings (SSSR count). The number of aryl methyl sites for hydroxylation is 1. The lowest BCUT2D eigenvalue weighted by Gasteiger charge is -2.17. The lowest BCUT2D eigenvalue weighted by molar-refractivity contribution is -0.116. The molecule has 4 aromatic carbocycles. The van der Waals surface area contributed by atoms with E-state index in [1.165, 1.54) is 11.8 Å². The summed E-state index contributed by atoms with van der Waals surface area (Å²) in [4.78, 5) is 40.5. The van der Waals surface area contributed by atoms with Gasteiger partial charge in [-0.1, -0.05) is 61.5 Å². The van der Waals surface area contributed by atoms with Gasteiger partial charge in [-0.05, 0) is 79.9 Å². The molecule has 0 spiro atoms. The molecule has 0 saturated heterocycles. The minimum Gasteiger partial charge on any atom is -0.496 e. The third-order valence-corrected chi connectivity index (χ3v) is 8.22. The molecule has 0 radical (unpaired) electrons. The highest BCUT2D eigenvalue weighted by Crippen LogP contribution is 2.29. The van der Waals surface area contributed by atoms with Crippen LogP contribution in [0.1, 0.15) is 40.4 Å². The Morgan fingerprint density at radius 3 is 2.33 bits per heavy atom. The predicted octanol–water partition coefficient (Wildman–Crippen LogP) is 7.23. The smallest absolute Gasteiger partial charge is 0.272 e. The summed E-state index contributed by atoms with van der Waals surface area (Å²) < 4.78 is 5.44. The number of rotatable bonds is 11. The molecule has 0 bridgehead atoms. The van der Waals surface area contributed by atoms with Gasteiger partial charge in [-0.2, -0.15) is 0 Å². The SMILES string of the molecule is CCC(Sc1cccc(NC(=O)/C(=C\c2ccccc2OC)NC(=O)c2ccccc2)c1)C(=O)Nc1cccc(C)c1C. The second kappa shape index (κ2) is 14.9. The van der Waals surface area contributed by atoms with E-state index < -0.39 is 11.8 Å². The summed E-state index contributed by atoms with van der Waals surface area (Å²) in [6.45, 7) is 5.97. The minimum absolute atomic E-state index is 0.0516. The van der Waals surface area contributed by atoms with Crippen molar-refractivity contribution in [3.63, 3.8) is 0 Å². The van der Waals surface area contributed by atoms with Gasteiger partial charge in [0.25, 0.3) is 11.8 Å². The maximum absolute atomic E-state index is 13.5. The van der Waals surface area contributed by atoms with Crippen LogP contribution in [0.2, 0.25) is 0 Å². The van der Waals surface area contributed by atoms with Crippen LogP contribution < -0.4 is 20.7 Å². The molecule has 0 aliphatic carbocycles. The van der Waals surface area contributed by atoms with Crippen molar-refractivity contribution in [2.24, 2.45) is 0 Å². The summed E-state index contributed by atoms with van der Waals surface area (Å²) in [5, 5.41) is 8.37. The number of thioether (sulfide) groups is 1. The van der Waals surface area contributed by atoms with E-state index >= 15 is 0 Å². The number of ether oxygens (including phenoxy) is 1. The highest BCUT2D eigenvalue weighted by Gasteiger charge is 2.20. The van der Waals surface area contributed by atoms with Crippen molar-refractivity contribution in [1.82, 2.24) is 5.32 Å². The first-order valence-electron chi connectivity index (χ1n) is 13.9. The lowest BCUT2D eigenvalue weighted by Crippen LogP contribution is -2.30. The largest absolute Gasteiger partial charge is 0.496 e. The molecule has 43 heavy (non-hydrogen) atoms. The number of benzene rings is 4. The number of methoxy groups -OCH3 is 1. The number of anilines is 2. The topological polar surface area (TPSA) is 96.5 Å².